The SMILES string of the molecule is CS(=O)(=O)c1ccccc1C(=O)NC(c1ccc(C(F)(F)F)nc1)C1CCC(F)(F)CC1. The Kier molecular flexibility index (Phi) is 6.60. The molecule has 0 bridgehead atoms. The standard InChI is InChI=1S/C21H21F5N2O3S/c1-32(30,31)16-5-3-2-4-15(16)19(29)28-18(13-8-10-20(22,23)11-9-13)14-6-7-17(27-12-14)21(24,25)26/h2-7,12-13,18H,8-11H2,1H3,(H,28,29). The maximum absolute atomic E-state index is 13.6. The largest absolute Gasteiger partial charge is 0.433 e. The van der Waals surface area contributed by atoms with Crippen LogP contribution in [-0.2, 0) is 16.0 Å². The lowest BCUT2D eigenvalue weighted by Gasteiger charge is -2.34. The van der Waals surface area contributed by atoms with E-state index >= 15 is 0 Å². The second kappa shape index (κ2) is 8.76. The van der Waals surface area contributed by atoms with Crippen molar-refractivity contribution in [2.45, 2.75) is 48.7 Å². The highest BCUT2D eigenvalue weighted by atomic mass is 32.2. The minimum absolute atomic E-state index is 0.0344. The highest BCUT2D eigenvalue weighted by Gasteiger charge is 2.39. The molecule has 1 aliphatic rings. The monoisotopic (exact) mass is 476 g/mol. The summed E-state index contributed by atoms with van der Waals surface area (Å²) in [6.45, 7) is 0. The maximum Gasteiger partial charge on any atom is 0.433 e. The highest BCUT2D eigenvalue weighted by Crippen LogP contribution is 2.41. The van der Waals surface area contributed by atoms with E-state index in [0.717, 1.165) is 24.6 Å². The number of sulfone groups is 1. The Labute approximate surface area is 182 Å². The van der Waals surface area contributed by atoms with E-state index in [1.165, 1.54) is 24.3 Å². The second-order valence-electron chi connectivity index (χ2n) is 7.89. The van der Waals surface area contributed by atoms with Gasteiger partial charge in [0.15, 0.2) is 9.84 Å². The lowest BCUT2D eigenvalue weighted by molar-refractivity contribution is -0.141. The lowest BCUT2D eigenvalue weighted by Crippen LogP contribution is -2.37. The van der Waals surface area contributed by atoms with Crippen molar-refractivity contribution in [1.29, 1.82) is 0 Å². The van der Waals surface area contributed by atoms with Gasteiger partial charge in [-0.05, 0) is 42.5 Å². The van der Waals surface area contributed by atoms with Crippen LogP contribution in [-0.4, -0.2) is 31.5 Å². The first-order chi connectivity index (χ1) is 14.8. The predicted octanol–water partition coefficient (Wildman–Crippen LogP) is 4.80. The number of halogens is 5. The maximum atomic E-state index is 13.6. The molecule has 0 radical (unpaired) electrons. The molecule has 174 valence electrons. The van der Waals surface area contributed by atoms with Crippen LogP contribution >= 0.6 is 0 Å². The summed E-state index contributed by atoms with van der Waals surface area (Å²) in [5, 5.41) is 2.65. The fourth-order valence-electron chi connectivity index (χ4n) is 3.82. The average Bonchev–Trinajstić information content (AvgIpc) is 2.71. The Hall–Kier alpha value is -2.56. The van der Waals surface area contributed by atoms with E-state index in [1.807, 2.05) is 0 Å². The number of aromatic nitrogens is 1. The molecule has 32 heavy (non-hydrogen) atoms. The van der Waals surface area contributed by atoms with Gasteiger partial charge in [-0.15, -0.1) is 0 Å². The molecule has 1 unspecified atom stereocenters. The van der Waals surface area contributed by atoms with Crippen LogP contribution in [0.25, 0.3) is 0 Å². The third kappa shape index (κ3) is 5.62. The summed E-state index contributed by atoms with van der Waals surface area (Å²) in [4.78, 5) is 16.2. The predicted molar refractivity (Wildman–Crippen MR) is 106 cm³/mol. The molecule has 1 saturated carbocycles. The quantitative estimate of drug-likeness (QED) is 0.629. The number of benzene rings is 1. The molecule has 1 aromatic carbocycles. The average molecular weight is 476 g/mol. The number of nitrogens with zero attached hydrogens (tertiary/aromatic N) is 1. The Morgan fingerprint density at radius 2 is 1.75 bits per heavy atom. The van der Waals surface area contributed by atoms with E-state index < -0.39 is 58.3 Å². The van der Waals surface area contributed by atoms with Crippen molar-refractivity contribution >= 4 is 15.7 Å². The summed E-state index contributed by atoms with van der Waals surface area (Å²) < 4.78 is 90.0. The van der Waals surface area contributed by atoms with Gasteiger partial charge in [-0.3, -0.25) is 9.78 Å². The molecule has 3 rings (SSSR count). The molecule has 5 nitrogen and oxygen atoms in total. The van der Waals surface area contributed by atoms with Crippen LogP contribution in [0.2, 0.25) is 0 Å². The molecule has 11 heteroatoms. The lowest BCUT2D eigenvalue weighted by atomic mass is 9.79. The molecule has 1 atom stereocenters. The minimum atomic E-state index is -4.65. The van der Waals surface area contributed by atoms with E-state index in [9.17, 15) is 35.2 Å². The van der Waals surface area contributed by atoms with Crippen LogP contribution < -0.4 is 5.32 Å². The number of carbonyl (C=O) groups is 1. The van der Waals surface area contributed by atoms with Gasteiger partial charge >= 0.3 is 6.18 Å². The minimum Gasteiger partial charge on any atom is -0.345 e. The molecule has 1 amide bonds. The molecular weight excluding hydrogens is 455 g/mol. The first-order valence-electron chi connectivity index (χ1n) is 9.79. The van der Waals surface area contributed by atoms with Crippen molar-refractivity contribution in [3.8, 4) is 0 Å². The van der Waals surface area contributed by atoms with Crippen LogP contribution in [0.3, 0.4) is 0 Å². The number of carbonyl (C=O) groups excluding carboxylic acids is 1. The van der Waals surface area contributed by atoms with Crippen LogP contribution in [0.5, 0.6) is 0 Å². The molecule has 0 saturated heterocycles. The Bertz CT molecular complexity index is 1080. The van der Waals surface area contributed by atoms with Crippen LogP contribution in [0, 0.1) is 5.92 Å². The number of pyridine rings is 1. The van der Waals surface area contributed by atoms with Crippen molar-refractivity contribution in [3.63, 3.8) is 0 Å². The van der Waals surface area contributed by atoms with Gasteiger partial charge in [-0.2, -0.15) is 13.2 Å². The van der Waals surface area contributed by atoms with Crippen molar-refractivity contribution in [2.75, 3.05) is 6.26 Å². The highest BCUT2D eigenvalue weighted by molar-refractivity contribution is 7.90. The van der Waals surface area contributed by atoms with Crippen molar-refractivity contribution in [2.24, 2.45) is 5.92 Å². The summed E-state index contributed by atoms with van der Waals surface area (Å²) in [6.07, 6.45) is -3.52. The zero-order chi connectivity index (χ0) is 23.7. The number of nitrogens with one attached hydrogen (secondary N) is 1. The van der Waals surface area contributed by atoms with Crippen molar-refractivity contribution < 1.29 is 35.2 Å². The van der Waals surface area contributed by atoms with Crippen LogP contribution in [0.15, 0.2) is 47.5 Å². The fourth-order valence-corrected chi connectivity index (χ4v) is 4.71. The first kappa shape index (κ1) is 24.1. The number of rotatable bonds is 5. The number of hydrogen-bond donors (Lipinski definition) is 1. The molecule has 1 heterocycles. The molecule has 2 aromatic rings. The van der Waals surface area contributed by atoms with Gasteiger partial charge in [-0.1, -0.05) is 18.2 Å². The zero-order valence-corrected chi connectivity index (χ0v) is 17.8. The van der Waals surface area contributed by atoms with Crippen molar-refractivity contribution in [1.82, 2.24) is 10.3 Å². The number of amides is 1. The van der Waals surface area contributed by atoms with E-state index in [1.54, 1.807) is 0 Å². The summed E-state index contributed by atoms with van der Waals surface area (Å²) in [5.74, 6) is -4.09. The summed E-state index contributed by atoms with van der Waals surface area (Å²) in [6, 6.07) is 6.49. The molecule has 1 N–H and O–H groups in total. The van der Waals surface area contributed by atoms with E-state index in [4.69, 9.17) is 0 Å². The third-order valence-electron chi connectivity index (χ3n) is 5.49. The van der Waals surface area contributed by atoms with Gasteiger partial charge in [0.1, 0.15) is 5.69 Å². The molecule has 0 spiro atoms. The van der Waals surface area contributed by atoms with Gasteiger partial charge in [-0.25, -0.2) is 17.2 Å². The van der Waals surface area contributed by atoms with E-state index in [-0.39, 0.29) is 28.9 Å². The fraction of sp³-hybridized carbons (Fsp3) is 0.429. The molecular formula is C21H21F5N2O3S. The smallest absolute Gasteiger partial charge is 0.345 e. The van der Waals surface area contributed by atoms with Gasteiger partial charge in [0.2, 0.25) is 5.92 Å². The first-order valence-corrected chi connectivity index (χ1v) is 11.7. The van der Waals surface area contributed by atoms with E-state index in [0.29, 0.717) is 0 Å². The summed E-state index contributed by atoms with van der Waals surface area (Å²) in [7, 11) is -3.74. The second-order valence-corrected chi connectivity index (χ2v) is 9.87. The van der Waals surface area contributed by atoms with Crippen molar-refractivity contribution in [3.05, 3.63) is 59.4 Å². The van der Waals surface area contributed by atoms with Gasteiger partial charge in [0.25, 0.3) is 5.91 Å². The Morgan fingerprint density at radius 3 is 2.28 bits per heavy atom. The summed E-state index contributed by atoms with van der Waals surface area (Å²) >= 11 is 0. The van der Waals surface area contributed by atoms with Gasteiger partial charge in [0.05, 0.1) is 16.5 Å². The van der Waals surface area contributed by atoms with Gasteiger partial charge < -0.3 is 5.32 Å². The molecule has 1 aromatic heterocycles. The molecule has 1 aliphatic carbocycles. The van der Waals surface area contributed by atoms with E-state index in [2.05, 4.69) is 10.3 Å². The number of hydrogen-bond acceptors (Lipinski definition) is 4. The summed E-state index contributed by atoms with van der Waals surface area (Å²) in [5.41, 5.74) is -1.04. The van der Waals surface area contributed by atoms with Gasteiger partial charge in [0, 0.05) is 25.3 Å². The molecule has 0 aliphatic heterocycles. The normalized spacial score (nSPS) is 18.2. The number of alkyl halides is 5. The van der Waals surface area contributed by atoms with Crippen LogP contribution in [0.1, 0.15) is 53.3 Å². The Morgan fingerprint density at radius 1 is 1.12 bits per heavy atom. The topological polar surface area (TPSA) is 76.1 Å². The third-order valence-corrected chi connectivity index (χ3v) is 6.64. The zero-order valence-electron chi connectivity index (χ0n) is 17.0. The molecule has 1 fully saturated rings. The Balaban J connectivity index is 1.94. The van der Waals surface area contributed by atoms with Crippen LogP contribution in [0.4, 0.5) is 22.0 Å².